The lowest BCUT2D eigenvalue weighted by molar-refractivity contribution is -0.189. The molecule has 39 heavy (non-hydrogen) atoms. The Kier molecular flexibility index (Phi) is 10.1. The molecule has 1 aromatic carbocycles. The van der Waals surface area contributed by atoms with E-state index in [1.807, 2.05) is 0 Å². The first-order valence-corrected chi connectivity index (χ1v) is 13.6. The van der Waals surface area contributed by atoms with Gasteiger partial charge in [0.1, 0.15) is 11.5 Å². The van der Waals surface area contributed by atoms with Crippen molar-refractivity contribution in [2.45, 2.75) is 95.2 Å². The molecule has 4 rings (SSSR count). The fourth-order valence-corrected chi connectivity index (χ4v) is 5.49. The largest absolute Gasteiger partial charge is 0.493 e. The van der Waals surface area contributed by atoms with Gasteiger partial charge in [0, 0.05) is 25.9 Å². The van der Waals surface area contributed by atoms with Crippen LogP contribution in [0.25, 0.3) is 0 Å². The molecule has 2 unspecified atom stereocenters. The lowest BCUT2D eigenvalue weighted by Gasteiger charge is -2.36. The second-order valence-corrected chi connectivity index (χ2v) is 10.4. The maximum absolute atomic E-state index is 13.0. The van der Waals surface area contributed by atoms with Gasteiger partial charge in [-0.15, -0.1) is 0 Å². The van der Waals surface area contributed by atoms with E-state index < -0.39 is 47.9 Å². The zero-order valence-electron chi connectivity index (χ0n) is 21.9. The lowest BCUT2D eigenvalue weighted by Crippen LogP contribution is -2.38. The number of hydrogen-bond donors (Lipinski definition) is 2. The summed E-state index contributed by atoms with van der Waals surface area (Å²) in [5.74, 6) is -0.742. The van der Waals surface area contributed by atoms with Crippen molar-refractivity contribution >= 4 is 5.97 Å². The molecule has 2 aliphatic heterocycles. The van der Waals surface area contributed by atoms with Gasteiger partial charge < -0.3 is 33.9 Å². The zero-order chi connectivity index (χ0) is 27.9. The number of carboxylic acid groups (broad SMARTS) is 1. The van der Waals surface area contributed by atoms with E-state index in [1.165, 1.54) is 12.1 Å². The molecule has 1 aromatic rings. The Morgan fingerprint density at radius 1 is 1.10 bits per heavy atom. The average molecular weight is 559 g/mol. The molecular formula is C28H37F3O8. The average Bonchev–Trinajstić information content (AvgIpc) is 3.21. The number of halogens is 3. The number of alkyl halides is 3. The van der Waals surface area contributed by atoms with E-state index in [2.05, 4.69) is 0 Å². The third kappa shape index (κ3) is 8.09. The normalized spacial score (nSPS) is 30.2. The van der Waals surface area contributed by atoms with Crippen LogP contribution in [-0.4, -0.2) is 60.8 Å². The smallest absolute Gasteiger partial charge is 0.416 e. The summed E-state index contributed by atoms with van der Waals surface area (Å²) >= 11 is 0. The Balaban J connectivity index is 1.51. The summed E-state index contributed by atoms with van der Waals surface area (Å²) in [4.78, 5) is 12.0. The lowest BCUT2D eigenvalue weighted by atomic mass is 9.78. The highest BCUT2D eigenvalue weighted by molar-refractivity contribution is 5.68. The monoisotopic (exact) mass is 558 g/mol. The number of aliphatic carboxylic acids is 1. The highest BCUT2D eigenvalue weighted by atomic mass is 19.4. The van der Waals surface area contributed by atoms with Crippen molar-refractivity contribution in [1.82, 2.24) is 0 Å². The molecule has 0 spiro atoms. The first-order valence-electron chi connectivity index (χ1n) is 13.6. The van der Waals surface area contributed by atoms with Crippen LogP contribution in [0.4, 0.5) is 13.2 Å². The van der Waals surface area contributed by atoms with Crippen molar-refractivity contribution in [3.8, 4) is 5.75 Å². The van der Waals surface area contributed by atoms with Crippen LogP contribution in [0.1, 0.15) is 69.8 Å². The maximum Gasteiger partial charge on any atom is 0.416 e. The summed E-state index contributed by atoms with van der Waals surface area (Å²) in [5.41, 5.74) is -2.07. The van der Waals surface area contributed by atoms with Gasteiger partial charge in [0.25, 0.3) is 0 Å². The number of benzene rings is 1. The minimum Gasteiger partial charge on any atom is -0.493 e. The van der Waals surface area contributed by atoms with Crippen LogP contribution in [0.2, 0.25) is 0 Å². The molecular weight excluding hydrogens is 521 g/mol. The third-order valence-electron chi connectivity index (χ3n) is 7.43. The van der Waals surface area contributed by atoms with Crippen LogP contribution in [0.5, 0.6) is 5.75 Å². The first kappa shape index (κ1) is 29.6. The highest BCUT2D eigenvalue weighted by Crippen LogP contribution is 2.50. The minimum atomic E-state index is -4.48. The second-order valence-electron chi connectivity index (χ2n) is 10.4. The van der Waals surface area contributed by atoms with Crippen LogP contribution < -0.4 is 4.74 Å². The van der Waals surface area contributed by atoms with E-state index in [0.29, 0.717) is 19.6 Å². The Labute approximate surface area is 226 Å². The molecule has 5 atom stereocenters. The Morgan fingerprint density at radius 2 is 1.82 bits per heavy atom. The molecule has 2 heterocycles. The van der Waals surface area contributed by atoms with E-state index in [-0.39, 0.29) is 43.8 Å². The molecule has 218 valence electrons. The zero-order valence-corrected chi connectivity index (χ0v) is 21.9. The van der Waals surface area contributed by atoms with Crippen LogP contribution in [0.15, 0.2) is 36.1 Å². The molecule has 0 bridgehead atoms. The van der Waals surface area contributed by atoms with Crippen LogP contribution in [0.3, 0.4) is 0 Å². The summed E-state index contributed by atoms with van der Waals surface area (Å²) in [5, 5.41) is 21.1. The van der Waals surface area contributed by atoms with E-state index in [0.717, 1.165) is 44.2 Å². The number of aliphatic hydroxyl groups is 1. The van der Waals surface area contributed by atoms with Gasteiger partial charge in [0.05, 0.1) is 42.8 Å². The molecule has 2 N–H and O–H groups in total. The molecule has 3 fully saturated rings. The molecule has 8 nitrogen and oxygen atoms in total. The van der Waals surface area contributed by atoms with Gasteiger partial charge in [0.2, 0.25) is 0 Å². The van der Waals surface area contributed by atoms with Gasteiger partial charge in [-0.25, -0.2) is 0 Å². The summed E-state index contributed by atoms with van der Waals surface area (Å²) in [6, 6.07) is 4.61. The van der Waals surface area contributed by atoms with Crippen molar-refractivity contribution in [2.75, 3.05) is 19.8 Å². The molecule has 1 saturated carbocycles. The van der Waals surface area contributed by atoms with E-state index in [1.54, 1.807) is 6.08 Å². The summed E-state index contributed by atoms with van der Waals surface area (Å²) in [6.07, 6.45) is 0.0450. The maximum atomic E-state index is 13.0. The Bertz CT molecular complexity index is 972. The predicted molar refractivity (Wildman–Crippen MR) is 133 cm³/mol. The SMILES string of the molecule is O=C(O)C[C@@]1(C(=CCCOc2cccc(C(F)(F)F)c2)OC2CCCCO2)C[C@@H](OC2CCCCO2)C[C@H]1O. The van der Waals surface area contributed by atoms with Crippen molar-refractivity contribution in [3.05, 3.63) is 41.7 Å². The molecule has 0 radical (unpaired) electrons. The van der Waals surface area contributed by atoms with Gasteiger partial charge in [-0.1, -0.05) is 6.07 Å². The van der Waals surface area contributed by atoms with Gasteiger partial charge in [-0.3, -0.25) is 4.79 Å². The molecule has 3 aliphatic rings. The number of carboxylic acids is 1. The highest BCUT2D eigenvalue weighted by Gasteiger charge is 2.53. The molecule has 1 aliphatic carbocycles. The van der Waals surface area contributed by atoms with Crippen molar-refractivity contribution in [1.29, 1.82) is 0 Å². The quantitative estimate of drug-likeness (QED) is 0.274. The number of ether oxygens (including phenoxy) is 5. The summed E-state index contributed by atoms with van der Waals surface area (Å²) < 4.78 is 68.4. The fourth-order valence-electron chi connectivity index (χ4n) is 5.49. The van der Waals surface area contributed by atoms with Crippen molar-refractivity contribution < 1.29 is 51.9 Å². The minimum absolute atomic E-state index is 0.0226. The number of aliphatic hydroxyl groups excluding tert-OH is 1. The standard InChI is InChI=1S/C28H37F3O8/c29-28(30,31)19-7-5-8-20(15-19)35-14-6-9-23(39-26-11-2-4-13-37-26)27(18-24(33)34)17-21(16-22(27)32)38-25-10-1-3-12-36-25/h5,7-9,15,21-22,25-26,32H,1-4,6,10-14,16-18H2,(H,33,34)/t21-,22+,25?,26?,27-/m0/s1. The van der Waals surface area contributed by atoms with Gasteiger partial charge in [-0.05, 0) is 62.8 Å². The van der Waals surface area contributed by atoms with Crippen molar-refractivity contribution in [2.24, 2.45) is 5.41 Å². The van der Waals surface area contributed by atoms with E-state index in [9.17, 15) is 28.2 Å². The molecule has 0 aromatic heterocycles. The van der Waals surface area contributed by atoms with Gasteiger partial charge in [-0.2, -0.15) is 13.2 Å². The van der Waals surface area contributed by atoms with Crippen LogP contribution in [0, 0.1) is 5.41 Å². The Hall–Kier alpha value is -2.34. The molecule has 0 amide bonds. The second kappa shape index (κ2) is 13.3. The predicted octanol–water partition coefficient (Wildman–Crippen LogP) is 5.43. The van der Waals surface area contributed by atoms with Gasteiger partial charge in [0.15, 0.2) is 12.6 Å². The van der Waals surface area contributed by atoms with Crippen molar-refractivity contribution in [3.63, 3.8) is 0 Å². The molecule has 11 heteroatoms. The molecule has 2 saturated heterocycles. The van der Waals surface area contributed by atoms with E-state index >= 15 is 0 Å². The topological polar surface area (TPSA) is 104 Å². The van der Waals surface area contributed by atoms with Crippen LogP contribution in [-0.2, 0) is 29.9 Å². The van der Waals surface area contributed by atoms with Crippen LogP contribution >= 0.6 is 0 Å². The van der Waals surface area contributed by atoms with E-state index in [4.69, 9.17) is 23.7 Å². The third-order valence-corrected chi connectivity index (χ3v) is 7.43. The first-order chi connectivity index (χ1) is 18.7. The summed E-state index contributed by atoms with van der Waals surface area (Å²) in [7, 11) is 0. The fraction of sp³-hybridized carbons (Fsp3) is 0.679. The number of rotatable bonds is 11. The number of hydrogen-bond acceptors (Lipinski definition) is 7. The van der Waals surface area contributed by atoms with Gasteiger partial charge >= 0.3 is 12.1 Å². The Morgan fingerprint density at radius 3 is 2.46 bits per heavy atom. The summed E-state index contributed by atoms with van der Waals surface area (Å²) in [6.45, 7) is 1.13. The number of carbonyl (C=O) groups is 1.